The predicted octanol–water partition coefficient (Wildman–Crippen LogP) is 1.60. The van der Waals surface area contributed by atoms with Gasteiger partial charge in [-0.25, -0.2) is 9.78 Å². The third-order valence-corrected chi connectivity index (χ3v) is 2.24. The molecule has 16 heavy (non-hydrogen) atoms. The van der Waals surface area contributed by atoms with Crippen molar-refractivity contribution >= 4 is 17.7 Å². The molecule has 2 N–H and O–H groups in total. The van der Waals surface area contributed by atoms with Gasteiger partial charge in [0.1, 0.15) is 5.15 Å². The van der Waals surface area contributed by atoms with Gasteiger partial charge in [0.25, 0.3) is 0 Å². The summed E-state index contributed by atoms with van der Waals surface area (Å²) < 4.78 is 0. The van der Waals surface area contributed by atoms with Crippen LogP contribution in [0.2, 0.25) is 5.15 Å². The molecule has 0 bridgehead atoms. The monoisotopic (exact) mass is 244 g/mol. The lowest BCUT2D eigenvalue weighted by atomic mass is 10.2. The minimum Gasteiger partial charge on any atom is -0.465 e. The summed E-state index contributed by atoms with van der Waals surface area (Å²) in [6.45, 7) is 0.524. The number of halogens is 1. The number of hydrogen-bond donors (Lipinski definition) is 2. The second kappa shape index (κ2) is 6.30. The molecular weight excluding hydrogens is 232 g/mol. The van der Waals surface area contributed by atoms with Crippen LogP contribution in [-0.2, 0) is 6.54 Å². The zero-order valence-electron chi connectivity index (χ0n) is 8.64. The molecule has 1 aromatic rings. The van der Waals surface area contributed by atoms with E-state index in [4.69, 9.17) is 21.8 Å². The van der Waals surface area contributed by atoms with Gasteiger partial charge in [0.2, 0.25) is 0 Å². The van der Waals surface area contributed by atoms with Gasteiger partial charge in [-0.05, 0) is 18.1 Å². The Morgan fingerprint density at radius 2 is 2.25 bits per heavy atom. The van der Waals surface area contributed by atoms with Crippen molar-refractivity contribution in [2.24, 2.45) is 0 Å². The van der Waals surface area contributed by atoms with E-state index in [1.807, 2.05) is 0 Å². The average molecular weight is 245 g/mol. The second-order valence-corrected chi connectivity index (χ2v) is 3.66. The maximum absolute atomic E-state index is 10.9. The van der Waals surface area contributed by atoms with Crippen LogP contribution in [0.15, 0.2) is 18.3 Å². The van der Waals surface area contributed by atoms with Crippen molar-refractivity contribution in [1.82, 2.24) is 9.88 Å². The summed E-state index contributed by atoms with van der Waals surface area (Å²) in [4.78, 5) is 16.0. The number of aromatic nitrogens is 1. The highest BCUT2D eigenvalue weighted by Crippen LogP contribution is 2.08. The minimum absolute atomic E-state index is 0.0252. The molecule has 1 aromatic heterocycles. The quantitative estimate of drug-likeness (QED) is 0.772. The maximum atomic E-state index is 10.9. The fraction of sp³-hybridized carbons (Fsp3) is 0.400. The number of pyridine rings is 1. The van der Waals surface area contributed by atoms with Crippen LogP contribution in [0, 0.1) is 0 Å². The first-order chi connectivity index (χ1) is 7.63. The largest absolute Gasteiger partial charge is 0.465 e. The second-order valence-electron chi connectivity index (χ2n) is 3.27. The molecule has 1 amide bonds. The van der Waals surface area contributed by atoms with Gasteiger partial charge in [0.15, 0.2) is 0 Å². The summed E-state index contributed by atoms with van der Waals surface area (Å²) in [6.07, 6.45) is 0.952. The molecule has 5 nitrogen and oxygen atoms in total. The first-order valence-corrected chi connectivity index (χ1v) is 5.20. The third-order valence-electron chi connectivity index (χ3n) is 2.02. The molecule has 0 fully saturated rings. The predicted molar refractivity (Wildman–Crippen MR) is 59.4 cm³/mol. The summed E-state index contributed by atoms with van der Waals surface area (Å²) in [5.74, 6) is 0. The first kappa shape index (κ1) is 12.7. The Bertz CT molecular complexity index is 342. The van der Waals surface area contributed by atoms with Crippen molar-refractivity contribution in [2.45, 2.75) is 13.0 Å². The first-order valence-electron chi connectivity index (χ1n) is 4.82. The molecule has 0 spiro atoms. The molecule has 0 atom stereocenters. The van der Waals surface area contributed by atoms with Crippen LogP contribution in [0.5, 0.6) is 0 Å². The van der Waals surface area contributed by atoms with E-state index < -0.39 is 6.09 Å². The van der Waals surface area contributed by atoms with Crippen LogP contribution < -0.4 is 0 Å². The van der Waals surface area contributed by atoms with Gasteiger partial charge in [-0.2, -0.15) is 0 Å². The van der Waals surface area contributed by atoms with Crippen LogP contribution >= 0.6 is 11.6 Å². The van der Waals surface area contributed by atoms with Gasteiger partial charge < -0.3 is 15.1 Å². The van der Waals surface area contributed by atoms with Crippen LogP contribution in [0.4, 0.5) is 4.79 Å². The molecule has 1 heterocycles. The van der Waals surface area contributed by atoms with E-state index in [0.29, 0.717) is 18.1 Å². The number of aliphatic hydroxyl groups excluding tert-OH is 1. The van der Waals surface area contributed by atoms with Crippen LogP contribution in [-0.4, -0.2) is 39.3 Å². The minimum atomic E-state index is -1.01. The fourth-order valence-electron chi connectivity index (χ4n) is 1.22. The molecule has 88 valence electrons. The van der Waals surface area contributed by atoms with Gasteiger partial charge in [-0.1, -0.05) is 17.7 Å². The molecule has 0 aliphatic rings. The SMILES string of the molecule is O=C(O)N(CCCO)Cc1ccc(Cl)nc1. The molecule has 0 unspecified atom stereocenters. The Kier molecular flexibility index (Phi) is 5.01. The molecule has 0 aromatic carbocycles. The molecule has 0 saturated carbocycles. The molecule has 0 aliphatic heterocycles. The van der Waals surface area contributed by atoms with E-state index in [0.717, 1.165) is 5.56 Å². The zero-order valence-corrected chi connectivity index (χ0v) is 9.39. The van der Waals surface area contributed by atoms with Gasteiger partial charge in [-0.15, -0.1) is 0 Å². The van der Waals surface area contributed by atoms with E-state index in [1.54, 1.807) is 12.1 Å². The van der Waals surface area contributed by atoms with Crippen LogP contribution in [0.3, 0.4) is 0 Å². The Morgan fingerprint density at radius 1 is 1.50 bits per heavy atom. The lowest BCUT2D eigenvalue weighted by Crippen LogP contribution is -2.30. The average Bonchev–Trinajstić information content (AvgIpc) is 2.26. The van der Waals surface area contributed by atoms with Gasteiger partial charge >= 0.3 is 6.09 Å². The van der Waals surface area contributed by atoms with E-state index in [-0.39, 0.29) is 13.2 Å². The molecule has 6 heteroatoms. The Balaban J connectivity index is 2.60. The summed E-state index contributed by atoms with van der Waals surface area (Å²) in [5, 5.41) is 17.9. The Morgan fingerprint density at radius 3 is 2.75 bits per heavy atom. The highest BCUT2D eigenvalue weighted by Gasteiger charge is 2.11. The third kappa shape index (κ3) is 4.04. The van der Waals surface area contributed by atoms with Crippen molar-refractivity contribution in [1.29, 1.82) is 0 Å². The molecule has 0 saturated heterocycles. The van der Waals surface area contributed by atoms with Crippen LogP contribution in [0.1, 0.15) is 12.0 Å². The van der Waals surface area contributed by atoms with Crippen LogP contribution in [0.25, 0.3) is 0 Å². The fourth-order valence-corrected chi connectivity index (χ4v) is 1.34. The molecule has 1 rings (SSSR count). The molecule has 0 radical (unpaired) electrons. The van der Waals surface area contributed by atoms with Crippen molar-refractivity contribution < 1.29 is 15.0 Å². The summed E-state index contributed by atoms with van der Waals surface area (Å²) in [5.41, 5.74) is 0.768. The number of carboxylic acid groups (broad SMARTS) is 1. The summed E-state index contributed by atoms with van der Waals surface area (Å²) >= 11 is 5.62. The van der Waals surface area contributed by atoms with Crippen molar-refractivity contribution in [3.63, 3.8) is 0 Å². The van der Waals surface area contributed by atoms with Gasteiger partial charge in [0, 0.05) is 19.3 Å². The van der Waals surface area contributed by atoms with Gasteiger partial charge in [-0.3, -0.25) is 0 Å². The normalized spacial score (nSPS) is 10.1. The zero-order chi connectivity index (χ0) is 12.0. The smallest absolute Gasteiger partial charge is 0.407 e. The number of hydrogen-bond acceptors (Lipinski definition) is 3. The standard InChI is InChI=1S/C10H13ClN2O3/c11-9-3-2-8(6-12-9)7-13(10(15)16)4-1-5-14/h2-3,6,14H,1,4-5,7H2,(H,15,16). The molecule has 0 aliphatic carbocycles. The Hall–Kier alpha value is -1.33. The Labute approximate surface area is 98.3 Å². The van der Waals surface area contributed by atoms with E-state index >= 15 is 0 Å². The van der Waals surface area contributed by atoms with E-state index in [1.165, 1.54) is 11.1 Å². The number of amides is 1. The van der Waals surface area contributed by atoms with Gasteiger partial charge in [0.05, 0.1) is 6.54 Å². The van der Waals surface area contributed by atoms with Crippen molar-refractivity contribution in [3.8, 4) is 0 Å². The number of aliphatic hydroxyl groups is 1. The summed E-state index contributed by atoms with van der Waals surface area (Å²) in [6, 6.07) is 3.34. The lowest BCUT2D eigenvalue weighted by molar-refractivity contribution is 0.137. The van der Waals surface area contributed by atoms with Crippen molar-refractivity contribution in [2.75, 3.05) is 13.2 Å². The number of nitrogens with zero attached hydrogens (tertiary/aromatic N) is 2. The van der Waals surface area contributed by atoms with E-state index in [9.17, 15) is 4.79 Å². The highest BCUT2D eigenvalue weighted by molar-refractivity contribution is 6.29. The number of carbonyl (C=O) groups is 1. The number of rotatable bonds is 5. The summed E-state index contributed by atoms with van der Waals surface area (Å²) in [7, 11) is 0. The topological polar surface area (TPSA) is 73.7 Å². The maximum Gasteiger partial charge on any atom is 0.407 e. The lowest BCUT2D eigenvalue weighted by Gasteiger charge is -2.18. The van der Waals surface area contributed by atoms with E-state index in [2.05, 4.69) is 4.98 Å². The highest BCUT2D eigenvalue weighted by atomic mass is 35.5. The molecular formula is C10H13ClN2O3. The van der Waals surface area contributed by atoms with Crippen molar-refractivity contribution in [3.05, 3.63) is 29.0 Å².